The van der Waals surface area contributed by atoms with Crippen molar-refractivity contribution in [1.82, 2.24) is 40.0 Å². The summed E-state index contributed by atoms with van der Waals surface area (Å²) in [5.74, 6) is -1.93. The fourth-order valence-corrected chi connectivity index (χ4v) is 12.2. The molecule has 6 N–H and O–H groups in total. The molecule has 3 aromatic heterocycles. The second kappa shape index (κ2) is 46.0. The molecule has 0 spiro atoms. The van der Waals surface area contributed by atoms with Crippen molar-refractivity contribution in [3.63, 3.8) is 0 Å². The van der Waals surface area contributed by atoms with E-state index in [0.29, 0.717) is 23.2 Å². The normalized spacial score (nSPS) is 14.6. The Labute approximate surface area is 719 Å². The lowest BCUT2D eigenvalue weighted by Crippen LogP contribution is -2.37. The summed E-state index contributed by atoms with van der Waals surface area (Å²) in [5, 5.41) is 46.8. The molecule has 2 aliphatic rings. The van der Waals surface area contributed by atoms with E-state index in [1.54, 1.807) is 53.6 Å². The lowest BCUT2D eigenvalue weighted by atomic mass is 9.88. The number of nitrogens with zero attached hydrogens (tertiary/aromatic N) is 10. The van der Waals surface area contributed by atoms with Gasteiger partial charge in [0.1, 0.15) is 25.7 Å². The van der Waals surface area contributed by atoms with Crippen LogP contribution in [0.1, 0.15) is 160 Å². The summed E-state index contributed by atoms with van der Waals surface area (Å²) < 4.78 is 117. The Bertz CT molecular complexity index is 5000. The number of hydrogen-bond acceptors (Lipinski definition) is 17. The zero-order chi connectivity index (χ0) is 89.0. The highest BCUT2D eigenvalue weighted by molar-refractivity contribution is 9.11. The van der Waals surface area contributed by atoms with Gasteiger partial charge in [-0.3, -0.25) is 38.0 Å². The van der Waals surface area contributed by atoms with Gasteiger partial charge in [0.15, 0.2) is 17.0 Å². The molecule has 6 aromatic carbocycles. The third-order valence-electron chi connectivity index (χ3n) is 17.1. The summed E-state index contributed by atoms with van der Waals surface area (Å²) in [5.41, 5.74) is 20.7. The second-order valence-electron chi connectivity index (χ2n) is 27.1. The first-order chi connectivity index (χ1) is 55.0. The average molecular weight is 1970 g/mol. The van der Waals surface area contributed by atoms with Crippen LogP contribution in [0.5, 0.6) is 0 Å². The molecule has 2 atom stereocenters. The topological polar surface area (TPSA) is 297 Å². The van der Waals surface area contributed by atoms with Gasteiger partial charge < -0.3 is 36.5 Å². The van der Waals surface area contributed by atoms with Crippen molar-refractivity contribution in [2.45, 2.75) is 132 Å². The molecule has 0 saturated heterocycles. The highest BCUT2D eigenvalue weighted by Crippen LogP contribution is 2.40. The van der Waals surface area contributed by atoms with E-state index in [0.717, 1.165) is 131 Å². The predicted molar refractivity (Wildman–Crippen MR) is 454 cm³/mol. The van der Waals surface area contributed by atoms with Crippen molar-refractivity contribution in [2.24, 2.45) is 47.5 Å². The van der Waals surface area contributed by atoms with Crippen LogP contribution in [0.2, 0.25) is 0 Å². The van der Waals surface area contributed by atoms with Gasteiger partial charge in [-0.05, 0) is 199 Å². The average Bonchev–Trinajstić information content (AvgIpc) is 1.63. The van der Waals surface area contributed by atoms with E-state index in [2.05, 4.69) is 154 Å². The smallest absolute Gasteiger partial charge is 0.411 e. The van der Waals surface area contributed by atoms with Crippen LogP contribution in [0.3, 0.4) is 0 Å². The van der Waals surface area contributed by atoms with Gasteiger partial charge in [0, 0.05) is 121 Å². The first-order valence-corrected chi connectivity index (χ1v) is 39.3. The van der Waals surface area contributed by atoms with E-state index in [1.165, 1.54) is 35.8 Å². The number of oxime groups is 4. The van der Waals surface area contributed by atoms with Gasteiger partial charge in [-0.2, -0.15) is 54.8 Å². The van der Waals surface area contributed by atoms with Crippen LogP contribution in [0.15, 0.2) is 177 Å². The minimum atomic E-state index is -4.48. The number of alkyl halides is 9. The number of nitrogens with two attached hydrogens (primary N) is 1. The molecule has 0 radical (unpaired) electrons. The fourth-order valence-electron chi connectivity index (χ4n) is 11.0. The monoisotopic (exact) mass is 1970 g/mol. The van der Waals surface area contributed by atoms with Crippen LogP contribution in [0, 0.1) is 62.3 Å². The zero-order valence-corrected chi connectivity index (χ0v) is 74.6. The van der Waals surface area contributed by atoms with Crippen LogP contribution in [-0.4, -0.2) is 132 Å². The van der Waals surface area contributed by atoms with E-state index >= 15 is 0 Å². The fraction of sp³-hybridized carbons (Fsp3) is 0.317. The first kappa shape index (κ1) is 101. The number of rotatable bonds is 16. The number of nitrogens with one attached hydrogen (secondary N) is 2. The maximum atomic E-state index is 12.5. The molecule has 9 aromatic rings. The first-order valence-electron chi connectivity index (χ1n) is 35.4. The molecular formula is C82H89Br5F9N13O9. The van der Waals surface area contributed by atoms with Crippen LogP contribution in [-0.2, 0) is 51.6 Å². The Morgan fingerprint density at radius 2 is 0.839 bits per heavy atom. The molecule has 2 aliphatic heterocycles. The minimum Gasteiger partial charge on any atom is -0.411 e. The number of benzene rings is 6. The highest BCUT2D eigenvalue weighted by Gasteiger charge is 2.41. The summed E-state index contributed by atoms with van der Waals surface area (Å²) in [6.45, 7) is 21.0. The van der Waals surface area contributed by atoms with E-state index in [9.17, 15) is 63.5 Å². The van der Waals surface area contributed by atoms with E-state index in [4.69, 9.17) is 25.8 Å². The number of carbonyl (C=O) groups is 5. The molecule has 2 unspecified atom stereocenters. The van der Waals surface area contributed by atoms with Crippen LogP contribution < -0.4 is 16.4 Å². The molecule has 11 rings (SSSR count). The predicted octanol–water partition coefficient (Wildman–Crippen LogP) is 19.8. The summed E-state index contributed by atoms with van der Waals surface area (Å²) in [4.78, 5) is 66.2. The number of carbonyl (C=O) groups excluding carboxylic acids is 5. The van der Waals surface area contributed by atoms with Crippen LogP contribution in [0.25, 0.3) is 5.57 Å². The largest absolute Gasteiger partial charge is 0.416 e. The number of halogens is 14. The molecule has 118 heavy (non-hydrogen) atoms. The van der Waals surface area contributed by atoms with Gasteiger partial charge in [0.25, 0.3) is 0 Å². The number of amides is 2. The molecule has 36 heteroatoms. The van der Waals surface area contributed by atoms with E-state index in [1.807, 2.05) is 146 Å². The lowest BCUT2D eigenvalue weighted by Gasteiger charge is -2.20. The second-order valence-corrected chi connectivity index (χ2v) is 31.4. The van der Waals surface area contributed by atoms with Gasteiger partial charge >= 0.3 is 18.5 Å². The Morgan fingerprint density at radius 1 is 0.500 bits per heavy atom. The number of aryl methyl sites for hydroxylation is 12. The van der Waals surface area contributed by atoms with Crippen LogP contribution >= 0.6 is 79.6 Å². The SMILES string of the molecule is C=C(c1cn(C)nc1C)C(F)(F)F.Cc1cc(/C=N/O)ccc1Br.Cc1cc(/C=N/O)ccc1Br.Cc1cc(C2=NOC(C)(c3cn(C)nc3C)C2)ccc1Br.Cc1cc(C2=NOC(C)(c3cn(C)nc3C)C2)ccc1C(=O)CCC(=O)NCC(F)(F)F.Cc1cc(C=O)ccc1Br.Cc1cc(C=O)ccc1Br.NCC(=O)NCC(F)(F)F. The summed E-state index contributed by atoms with van der Waals surface area (Å²) in [6.07, 6.45) is -2.68. The van der Waals surface area contributed by atoms with E-state index < -0.39 is 66.8 Å². The Balaban J connectivity index is 0.000000298. The quantitative estimate of drug-likeness (QED) is 0.0150. The van der Waals surface area contributed by atoms with Crippen molar-refractivity contribution in [3.05, 3.63) is 263 Å². The maximum Gasteiger partial charge on any atom is 0.416 e. The number of allylic oxidation sites excluding steroid dienone is 1. The van der Waals surface area contributed by atoms with Gasteiger partial charge in [-0.1, -0.05) is 149 Å². The standard InChI is InChI=1S/C22H25F3N4O3.C16H18BrN3O.2C8H8BrNO.2C8H7BrO.C8H9F3N2.C4H7F3N2O/c1-13-9-15(18-10-21(3,32-28-18)17-11-29(4)27-14(17)2)5-6-16(13)19(30)7-8-20(31)26-12-22(23,24)25;1-10-7-12(5-6-14(10)17)15-8-16(3,21-19-15)13-9-20(4)18-11(13)2;2*1-6-4-7(5-10-11)2-3-8(6)9;2*1-6-4-7(5-10)2-3-8(6)9;1-5(8(9,10)11)7-4-13(3)12-6(7)2;5-4(6,7)2-9-3(10)1-8/h5-6,9,11H,7-8,10,12H2,1-4H3,(H,26,31);5-7,9H,8H2,1-4H3;2*2-5,11H,1H3;2*2-5H,1H3;4H,1H2,2-3H3;1-2,8H2,(H,9,10)/b;;2*10-5+;;;;. The number of hydrogen-bond donors (Lipinski definition) is 5. The molecule has 2 amide bonds. The maximum absolute atomic E-state index is 12.5. The van der Waals surface area contributed by atoms with Gasteiger partial charge in [0.2, 0.25) is 11.8 Å². The number of ketones is 1. The number of Topliss-reactive ketones (excluding diaryl/α,β-unsaturated/α-hetero) is 1. The molecule has 0 fully saturated rings. The third-order valence-corrected chi connectivity index (χ3v) is 21.5. The van der Waals surface area contributed by atoms with Crippen molar-refractivity contribution in [3.8, 4) is 0 Å². The molecule has 0 saturated carbocycles. The van der Waals surface area contributed by atoms with Gasteiger partial charge in [0.05, 0.1) is 53.1 Å². The molecule has 0 aliphatic carbocycles. The number of aldehydes is 2. The molecule has 22 nitrogen and oxygen atoms in total. The van der Waals surface area contributed by atoms with Crippen molar-refractivity contribution in [1.29, 1.82) is 0 Å². The Hall–Kier alpha value is -9.75. The van der Waals surface area contributed by atoms with Crippen molar-refractivity contribution < 1.29 is 83.6 Å². The summed E-state index contributed by atoms with van der Waals surface area (Å²) in [7, 11) is 5.34. The zero-order valence-electron chi connectivity index (χ0n) is 66.7. The van der Waals surface area contributed by atoms with E-state index in [-0.39, 0.29) is 24.2 Å². The third kappa shape index (κ3) is 32.9. The molecular weight excluding hydrogens is 1880 g/mol. The Morgan fingerprint density at radius 3 is 1.15 bits per heavy atom. The van der Waals surface area contributed by atoms with Crippen molar-refractivity contribution in [2.75, 3.05) is 19.6 Å². The van der Waals surface area contributed by atoms with Gasteiger partial charge in [-0.25, -0.2) is 0 Å². The highest BCUT2D eigenvalue weighted by atomic mass is 79.9. The summed E-state index contributed by atoms with van der Waals surface area (Å²) >= 11 is 17.0. The Kier molecular flexibility index (Phi) is 39.2. The number of aromatic nitrogens is 6. The molecule has 5 heterocycles. The molecule has 0 bridgehead atoms. The van der Waals surface area contributed by atoms with Gasteiger partial charge in [-0.15, -0.1) is 0 Å². The lowest BCUT2D eigenvalue weighted by molar-refractivity contribution is -0.138. The molecule has 634 valence electrons. The van der Waals surface area contributed by atoms with Crippen molar-refractivity contribution >= 4 is 139 Å². The minimum absolute atomic E-state index is 0.0509. The summed E-state index contributed by atoms with van der Waals surface area (Å²) in [6, 6.07) is 33.9. The van der Waals surface area contributed by atoms with Crippen LogP contribution in [0.4, 0.5) is 39.5 Å².